The van der Waals surface area contributed by atoms with E-state index in [0.717, 1.165) is 12.8 Å². The maximum atomic E-state index is 4.16. The van der Waals surface area contributed by atoms with Crippen molar-refractivity contribution in [1.82, 2.24) is 0 Å². The van der Waals surface area contributed by atoms with Gasteiger partial charge in [0.15, 0.2) is 0 Å². The van der Waals surface area contributed by atoms with E-state index in [1.54, 1.807) is 0 Å². The lowest BCUT2D eigenvalue weighted by atomic mass is 9.93. The van der Waals surface area contributed by atoms with E-state index in [0.29, 0.717) is 0 Å². The first-order chi connectivity index (χ1) is 7.54. The van der Waals surface area contributed by atoms with Crippen LogP contribution in [0.5, 0.6) is 0 Å². The minimum Gasteiger partial charge on any atom is -0.0952 e. The van der Waals surface area contributed by atoms with E-state index in [4.69, 9.17) is 0 Å². The summed E-state index contributed by atoms with van der Waals surface area (Å²) in [4.78, 5) is 0. The van der Waals surface area contributed by atoms with Crippen molar-refractivity contribution >= 4 is 0 Å². The quantitative estimate of drug-likeness (QED) is 0.496. The van der Waals surface area contributed by atoms with Crippen LogP contribution in [-0.4, -0.2) is 0 Å². The topological polar surface area (TPSA) is 0 Å². The van der Waals surface area contributed by atoms with E-state index in [9.17, 15) is 0 Å². The highest BCUT2D eigenvalue weighted by molar-refractivity contribution is 5.45. The van der Waals surface area contributed by atoms with E-state index in [2.05, 4.69) is 47.3 Å². The van der Waals surface area contributed by atoms with Gasteiger partial charge in [-0.3, -0.25) is 0 Å². The summed E-state index contributed by atoms with van der Waals surface area (Å²) >= 11 is 0. The molecule has 0 aliphatic rings. The molecule has 0 saturated heterocycles. The smallest absolute Gasteiger partial charge is 0.0242 e. The Bertz CT molecular complexity index is 247. The number of hydrogen-bond donors (Lipinski definition) is 0. The second kappa shape index (κ2) is 10.7. The fraction of sp³-hybridized carbons (Fsp3) is 0.625. The maximum Gasteiger partial charge on any atom is -0.0242 e. The molecule has 0 radical (unpaired) electrons. The van der Waals surface area contributed by atoms with Crippen molar-refractivity contribution in [2.45, 2.75) is 67.7 Å². The van der Waals surface area contributed by atoms with Gasteiger partial charge >= 0.3 is 0 Å². The predicted molar refractivity (Wildman–Crippen MR) is 77.8 cm³/mol. The van der Waals surface area contributed by atoms with Gasteiger partial charge in [0.05, 0.1) is 0 Å². The van der Waals surface area contributed by atoms with Crippen LogP contribution in [0.1, 0.15) is 67.7 Å². The first-order valence-corrected chi connectivity index (χ1v) is 6.57. The highest BCUT2D eigenvalue weighted by atomic mass is 14.1. The molecule has 0 unspecified atom stereocenters. The molecule has 0 aliphatic heterocycles. The summed E-state index contributed by atoms with van der Waals surface area (Å²) in [6.07, 6.45) is 5.66. The minimum atomic E-state index is 1.09. The first kappa shape index (κ1) is 17.6. The van der Waals surface area contributed by atoms with Crippen LogP contribution in [0.15, 0.2) is 34.9 Å². The van der Waals surface area contributed by atoms with Crippen LogP contribution < -0.4 is 0 Å². The summed E-state index contributed by atoms with van der Waals surface area (Å²) in [5.74, 6) is 0. The second-order valence-electron chi connectivity index (χ2n) is 4.00. The Kier molecular flexibility index (Phi) is 11.8. The zero-order valence-electron chi connectivity index (χ0n) is 12.4. The molecule has 94 valence electrons. The van der Waals surface area contributed by atoms with Crippen LogP contribution in [0.25, 0.3) is 0 Å². The molecule has 0 amide bonds. The molecule has 0 heterocycles. The summed E-state index contributed by atoms with van der Waals surface area (Å²) < 4.78 is 0. The van der Waals surface area contributed by atoms with Crippen LogP contribution >= 0.6 is 0 Å². The maximum absolute atomic E-state index is 4.16. The number of allylic oxidation sites excluding steroid dienone is 5. The van der Waals surface area contributed by atoms with Crippen molar-refractivity contribution in [3.05, 3.63) is 34.9 Å². The molecule has 16 heavy (non-hydrogen) atoms. The van der Waals surface area contributed by atoms with Gasteiger partial charge in [-0.2, -0.15) is 0 Å². The van der Waals surface area contributed by atoms with Crippen LogP contribution in [0.3, 0.4) is 0 Å². The molecule has 0 spiro atoms. The minimum absolute atomic E-state index is 1.09. The molecule has 0 heteroatoms. The Morgan fingerprint density at radius 1 is 1.06 bits per heavy atom. The van der Waals surface area contributed by atoms with Gasteiger partial charge in [-0.1, -0.05) is 52.3 Å². The lowest BCUT2D eigenvalue weighted by Gasteiger charge is -2.12. The van der Waals surface area contributed by atoms with Gasteiger partial charge in [-0.05, 0) is 50.3 Å². The van der Waals surface area contributed by atoms with Crippen LogP contribution in [0, 0.1) is 0 Å². The molecule has 0 bridgehead atoms. The summed E-state index contributed by atoms with van der Waals surface area (Å²) in [7, 11) is 0. The SMILES string of the molecule is C=C(CCC)/C(=C\CC)C(C)=C(C)C.CC. The molecule has 0 aromatic carbocycles. The van der Waals surface area contributed by atoms with E-state index in [-0.39, 0.29) is 0 Å². The van der Waals surface area contributed by atoms with Crippen LogP contribution in [0.4, 0.5) is 0 Å². The Balaban J connectivity index is 0. The molecule has 0 aromatic heterocycles. The third-order valence-electron chi connectivity index (χ3n) is 2.49. The molecule has 0 rings (SSSR count). The zero-order valence-corrected chi connectivity index (χ0v) is 12.4. The van der Waals surface area contributed by atoms with Crippen LogP contribution in [-0.2, 0) is 0 Å². The molecule has 0 N–H and O–H groups in total. The summed E-state index contributed by atoms with van der Waals surface area (Å²) in [6, 6.07) is 0. The molecule has 0 fully saturated rings. The van der Waals surface area contributed by atoms with Gasteiger partial charge in [0, 0.05) is 0 Å². The highest BCUT2D eigenvalue weighted by Gasteiger charge is 2.04. The molecular weight excluding hydrogens is 192 g/mol. The fourth-order valence-electron chi connectivity index (χ4n) is 1.47. The Labute approximate surface area is 103 Å². The number of rotatable bonds is 5. The largest absolute Gasteiger partial charge is 0.0952 e. The lowest BCUT2D eigenvalue weighted by Crippen LogP contribution is -1.93. The van der Waals surface area contributed by atoms with E-state index in [1.165, 1.54) is 28.7 Å². The molecule has 0 atom stereocenters. The Morgan fingerprint density at radius 2 is 1.56 bits per heavy atom. The van der Waals surface area contributed by atoms with Gasteiger partial charge in [0.2, 0.25) is 0 Å². The molecule has 0 aromatic rings. The third-order valence-corrected chi connectivity index (χ3v) is 2.49. The van der Waals surface area contributed by atoms with Crippen molar-refractivity contribution < 1.29 is 0 Å². The molecule has 0 aliphatic carbocycles. The van der Waals surface area contributed by atoms with Crippen molar-refractivity contribution in [3.8, 4) is 0 Å². The van der Waals surface area contributed by atoms with Gasteiger partial charge in [-0.15, -0.1) is 0 Å². The van der Waals surface area contributed by atoms with Crippen molar-refractivity contribution in [2.24, 2.45) is 0 Å². The van der Waals surface area contributed by atoms with Crippen LogP contribution in [0.2, 0.25) is 0 Å². The van der Waals surface area contributed by atoms with Gasteiger partial charge in [-0.25, -0.2) is 0 Å². The standard InChI is InChI=1S/C14H24.C2H6/c1-7-9-12(5)14(10-8-2)13(6)11(3)4;1-2/h10H,5,7-9H2,1-4,6H3;1-2H3/b14-10+;. The normalized spacial score (nSPS) is 10.3. The Hall–Kier alpha value is -0.780. The van der Waals surface area contributed by atoms with Gasteiger partial charge in [0.1, 0.15) is 0 Å². The van der Waals surface area contributed by atoms with Crippen molar-refractivity contribution in [3.63, 3.8) is 0 Å². The lowest BCUT2D eigenvalue weighted by molar-refractivity contribution is 0.912. The number of hydrogen-bond acceptors (Lipinski definition) is 0. The van der Waals surface area contributed by atoms with Crippen molar-refractivity contribution in [1.29, 1.82) is 0 Å². The predicted octanol–water partition coefficient (Wildman–Crippen LogP) is 6.06. The summed E-state index contributed by atoms with van der Waals surface area (Å²) in [5, 5.41) is 0. The van der Waals surface area contributed by atoms with E-state index >= 15 is 0 Å². The van der Waals surface area contributed by atoms with E-state index in [1.807, 2.05) is 13.8 Å². The second-order valence-corrected chi connectivity index (χ2v) is 4.00. The monoisotopic (exact) mass is 222 g/mol. The average molecular weight is 222 g/mol. The van der Waals surface area contributed by atoms with Gasteiger partial charge in [0.25, 0.3) is 0 Å². The van der Waals surface area contributed by atoms with Gasteiger partial charge < -0.3 is 0 Å². The van der Waals surface area contributed by atoms with Crippen molar-refractivity contribution in [2.75, 3.05) is 0 Å². The molecular formula is C16H30. The highest BCUT2D eigenvalue weighted by Crippen LogP contribution is 2.24. The average Bonchev–Trinajstić information content (AvgIpc) is 2.27. The molecule has 0 nitrogen and oxygen atoms in total. The fourth-order valence-corrected chi connectivity index (χ4v) is 1.47. The first-order valence-electron chi connectivity index (χ1n) is 6.57. The molecule has 0 saturated carbocycles. The summed E-state index contributed by atoms with van der Waals surface area (Å²) in [5.41, 5.74) is 5.44. The zero-order chi connectivity index (χ0) is 13.1. The Morgan fingerprint density at radius 3 is 1.88 bits per heavy atom. The third kappa shape index (κ3) is 6.66. The summed E-state index contributed by atoms with van der Waals surface area (Å²) in [6.45, 7) is 19.1. The van der Waals surface area contributed by atoms with E-state index < -0.39 is 0 Å².